The van der Waals surface area contributed by atoms with Crippen molar-refractivity contribution in [3.05, 3.63) is 59.5 Å². The van der Waals surface area contributed by atoms with Crippen molar-refractivity contribution in [2.75, 3.05) is 31.1 Å². The number of nitrogens with one attached hydrogen (secondary N) is 1. The first kappa shape index (κ1) is 23.9. The number of rotatable bonds is 4. The van der Waals surface area contributed by atoms with E-state index < -0.39 is 0 Å². The van der Waals surface area contributed by atoms with Gasteiger partial charge in [-0.15, -0.1) is 0 Å². The van der Waals surface area contributed by atoms with Crippen molar-refractivity contribution >= 4 is 33.8 Å². The topological polar surface area (TPSA) is 78.0 Å². The van der Waals surface area contributed by atoms with Gasteiger partial charge in [0.2, 0.25) is 11.9 Å². The van der Waals surface area contributed by atoms with E-state index in [2.05, 4.69) is 59.8 Å². The van der Waals surface area contributed by atoms with E-state index in [1.807, 2.05) is 18.2 Å². The summed E-state index contributed by atoms with van der Waals surface area (Å²) in [5.74, 6) is 2.93. The largest absolute Gasteiger partial charge is 0.342 e. The lowest BCUT2D eigenvalue weighted by Crippen LogP contribution is -2.46. The van der Waals surface area contributed by atoms with Gasteiger partial charge in [0.05, 0.1) is 22.2 Å². The van der Waals surface area contributed by atoms with Crippen LogP contribution in [0, 0.1) is 12.8 Å². The maximum absolute atomic E-state index is 13.5. The molecule has 0 saturated carbocycles. The number of imidazole rings is 1. The highest BCUT2D eigenvalue weighted by Crippen LogP contribution is 2.31. The van der Waals surface area contributed by atoms with Crippen LogP contribution in [0.15, 0.2) is 42.5 Å². The minimum atomic E-state index is 0.0702. The van der Waals surface area contributed by atoms with Gasteiger partial charge in [0.25, 0.3) is 0 Å². The zero-order valence-electron chi connectivity index (χ0n) is 22.1. The van der Waals surface area contributed by atoms with E-state index in [9.17, 15) is 4.79 Å². The van der Waals surface area contributed by atoms with Gasteiger partial charge in [-0.05, 0) is 68.4 Å². The molecule has 4 aromatic rings. The molecular weight excluding hydrogens is 460 g/mol. The van der Waals surface area contributed by atoms with Crippen LogP contribution >= 0.6 is 0 Å². The maximum atomic E-state index is 13.5. The van der Waals surface area contributed by atoms with E-state index in [4.69, 9.17) is 15.0 Å². The fourth-order valence-corrected chi connectivity index (χ4v) is 5.94. The van der Waals surface area contributed by atoms with Crippen molar-refractivity contribution in [1.82, 2.24) is 24.8 Å². The van der Waals surface area contributed by atoms with E-state index in [0.717, 1.165) is 91.3 Å². The predicted octanol–water partition coefficient (Wildman–Crippen LogP) is 5.56. The van der Waals surface area contributed by atoms with E-state index >= 15 is 0 Å². The number of para-hydroxylation sites is 2. The number of fused-ring (bicyclic) bond motifs is 2. The number of carbonyl (C=O) groups excluding carboxylic acids is 1. The van der Waals surface area contributed by atoms with Gasteiger partial charge in [-0.2, -0.15) is 0 Å². The molecule has 1 amide bonds. The number of piperidine rings is 2. The second-order valence-corrected chi connectivity index (χ2v) is 11.1. The Morgan fingerprint density at radius 3 is 2.57 bits per heavy atom. The van der Waals surface area contributed by atoms with Crippen molar-refractivity contribution in [2.24, 2.45) is 5.92 Å². The molecule has 2 aromatic carbocycles. The summed E-state index contributed by atoms with van der Waals surface area (Å²) in [4.78, 5) is 35.9. The fraction of sp³-hybridized carbons (Fsp3) is 0.467. The Kier molecular flexibility index (Phi) is 6.31. The average Bonchev–Trinajstić information content (AvgIpc) is 3.37. The highest BCUT2D eigenvalue weighted by Gasteiger charge is 2.33. The number of likely N-dealkylation sites (tertiary alicyclic amines) is 1. The molecule has 0 aliphatic carbocycles. The summed E-state index contributed by atoms with van der Waals surface area (Å²) in [5, 5.41) is 1.13. The lowest BCUT2D eigenvalue weighted by molar-refractivity contribution is -0.137. The summed E-state index contributed by atoms with van der Waals surface area (Å²) >= 11 is 0. The van der Waals surface area contributed by atoms with Gasteiger partial charge in [0.1, 0.15) is 5.82 Å². The predicted molar refractivity (Wildman–Crippen MR) is 148 cm³/mol. The van der Waals surface area contributed by atoms with Gasteiger partial charge in [0.15, 0.2) is 0 Å². The van der Waals surface area contributed by atoms with E-state index in [-0.39, 0.29) is 11.8 Å². The van der Waals surface area contributed by atoms with Crippen LogP contribution in [-0.2, 0) is 4.79 Å². The van der Waals surface area contributed by atoms with Crippen LogP contribution in [0.5, 0.6) is 0 Å². The number of H-pyrrole nitrogens is 1. The molecule has 2 saturated heterocycles. The van der Waals surface area contributed by atoms with Gasteiger partial charge >= 0.3 is 0 Å². The number of carbonyl (C=O) groups is 1. The van der Waals surface area contributed by atoms with Crippen molar-refractivity contribution in [3.63, 3.8) is 0 Å². The summed E-state index contributed by atoms with van der Waals surface area (Å²) in [5.41, 5.74) is 5.40. The number of hydrogen-bond acceptors (Lipinski definition) is 5. The molecule has 7 nitrogen and oxygen atoms in total. The summed E-state index contributed by atoms with van der Waals surface area (Å²) in [7, 11) is 0. The van der Waals surface area contributed by atoms with Crippen molar-refractivity contribution in [3.8, 4) is 0 Å². The van der Waals surface area contributed by atoms with Gasteiger partial charge in [-0.25, -0.2) is 15.0 Å². The number of aromatic amines is 1. The highest BCUT2D eigenvalue weighted by atomic mass is 16.2. The molecule has 37 heavy (non-hydrogen) atoms. The molecule has 0 spiro atoms. The normalized spacial score (nSPS) is 19.3. The second kappa shape index (κ2) is 9.77. The van der Waals surface area contributed by atoms with Crippen LogP contribution in [0.1, 0.15) is 68.4 Å². The first-order valence-electron chi connectivity index (χ1n) is 13.7. The van der Waals surface area contributed by atoms with Crippen LogP contribution in [0.3, 0.4) is 0 Å². The summed E-state index contributed by atoms with van der Waals surface area (Å²) < 4.78 is 0. The molecular formula is C30H36N6O. The van der Waals surface area contributed by atoms with Gasteiger partial charge in [-0.3, -0.25) is 4.79 Å². The Bertz CT molecular complexity index is 1400. The smallest absolute Gasteiger partial charge is 0.226 e. The quantitative estimate of drug-likeness (QED) is 0.400. The SMILES string of the molecule is Cc1nc(N2CCC(C(=O)N3CCC[C@H](c4nc5ccccc5[nH]4)C3)CC2)nc2ccc(C(C)C)cc12. The first-order valence-corrected chi connectivity index (χ1v) is 13.7. The van der Waals surface area contributed by atoms with Gasteiger partial charge in [-0.1, -0.05) is 32.0 Å². The molecule has 2 aliphatic heterocycles. The molecule has 2 aliphatic rings. The monoisotopic (exact) mass is 496 g/mol. The van der Waals surface area contributed by atoms with Crippen molar-refractivity contribution < 1.29 is 4.79 Å². The molecule has 4 heterocycles. The van der Waals surface area contributed by atoms with Crippen molar-refractivity contribution in [2.45, 2.75) is 58.3 Å². The summed E-state index contributed by atoms with van der Waals surface area (Å²) in [6.45, 7) is 9.71. The van der Waals surface area contributed by atoms with Crippen molar-refractivity contribution in [1.29, 1.82) is 0 Å². The lowest BCUT2D eigenvalue weighted by atomic mass is 9.92. The zero-order chi connectivity index (χ0) is 25.5. The summed E-state index contributed by atoms with van der Waals surface area (Å²) in [6, 6.07) is 14.7. The Labute approximate surface area is 218 Å². The van der Waals surface area contributed by atoms with Gasteiger partial charge < -0.3 is 14.8 Å². The average molecular weight is 497 g/mol. The van der Waals surface area contributed by atoms with Gasteiger partial charge in [0, 0.05) is 43.4 Å². The molecule has 7 heteroatoms. The minimum Gasteiger partial charge on any atom is -0.342 e. The second-order valence-electron chi connectivity index (χ2n) is 11.1. The lowest BCUT2D eigenvalue weighted by Gasteiger charge is -2.37. The number of anilines is 1. The zero-order valence-corrected chi connectivity index (χ0v) is 22.1. The molecule has 0 radical (unpaired) electrons. The standard InChI is InChI=1S/C30H36N6O/c1-19(2)22-10-11-25-24(17-22)20(3)31-30(34-25)35-15-12-21(13-16-35)29(37)36-14-6-7-23(18-36)28-32-26-8-4-5-9-27(26)33-28/h4-5,8-11,17,19,21,23H,6-7,12-16,18H2,1-3H3,(H,32,33)/t23-/m0/s1. The molecule has 1 N–H and O–H groups in total. The Morgan fingerprint density at radius 1 is 0.973 bits per heavy atom. The van der Waals surface area contributed by atoms with E-state index in [0.29, 0.717) is 11.8 Å². The molecule has 6 rings (SSSR count). The van der Waals surface area contributed by atoms with Crippen LogP contribution in [0.25, 0.3) is 21.9 Å². The third-order valence-corrected chi connectivity index (χ3v) is 8.22. The number of amides is 1. The molecule has 0 bridgehead atoms. The summed E-state index contributed by atoms with van der Waals surface area (Å²) in [6.07, 6.45) is 3.78. The highest BCUT2D eigenvalue weighted by molar-refractivity contribution is 5.83. The number of aromatic nitrogens is 4. The molecule has 2 fully saturated rings. The molecule has 192 valence electrons. The van der Waals surface area contributed by atoms with Crippen LogP contribution in [0.2, 0.25) is 0 Å². The molecule has 0 unspecified atom stereocenters. The first-order chi connectivity index (χ1) is 18.0. The van der Waals surface area contributed by atoms with Crippen LogP contribution in [0.4, 0.5) is 5.95 Å². The third kappa shape index (κ3) is 4.67. The van der Waals surface area contributed by atoms with Crippen LogP contribution in [-0.4, -0.2) is 56.9 Å². The fourth-order valence-electron chi connectivity index (χ4n) is 5.94. The van der Waals surface area contributed by atoms with E-state index in [1.54, 1.807) is 0 Å². The van der Waals surface area contributed by atoms with Crippen LogP contribution < -0.4 is 4.90 Å². The Morgan fingerprint density at radius 2 is 1.78 bits per heavy atom. The minimum absolute atomic E-state index is 0.0702. The Balaban J connectivity index is 1.11. The molecule has 1 atom stereocenters. The van der Waals surface area contributed by atoms with E-state index in [1.165, 1.54) is 5.56 Å². The number of hydrogen-bond donors (Lipinski definition) is 1. The number of benzene rings is 2. The third-order valence-electron chi connectivity index (χ3n) is 8.22. The Hall–Kier alpha value is -3.48. The number of nitrogens with zero attached hydrogens (tertiary/aromatic N) is 5. The molecule has 2 aromatic heterocycles. The maximum Gasteiger partial charge on any atom is 0.226 e. The number of aryl methyl sites for hydroxylation is 1.